The van der Waals surface area contributed by atoms with Crippen molar-refractivity contribution in [3.8, 4) is 16.9 Å². The van der Waals surface area contributed by atoms with Gasteiger partial charge < -0.3 is 9.84 Å². The van der Waals surface area contributed by atoms with Crippen molar-refractivity contribution in [1.82, 2.24) is 10.2 Å². The van der Waals surface area contributed by atoms with Crippen LogP contribution in [0.25, 0.3) is 11.1 Å². The maximum absolute atomic E-state index is 11.1. The average molecular weight is 230 g/mol. The van der Waals surface area contributed by atoms with E-state index in [1.54, 1.807) is 31.4 Å². The van der Waals surface area contributed by atoms with Gasteiger partial charge in [0.2, 0.25) is 0 Å². The number of hydrogen-bond acceptors (Lipinski definition) is 4. The Morgan fingerprint density at radius 3 is 2.76 bits per heavy atom. The monoisotopic (exact) mass is 230 g/mol. The van der Waals surface area contributed by atoms with Gasteiger partial charge in [-0.2, -0.15) is 10.2 Å². The van der Waals surface area contributed by atoms with Crippen LogP contribution < -0.4 is 4.74 Å². The van der Waals surface area contributed by atoms with Crippen LogP contribution in [0.3, 0.4) is 0 Å². The number of carboxylic acid groups (broad SMARTS) is 1. The Bertz CT molecular complexity index is 555. The standard InChI is InChI=1S/C12H10N2O3/c1-17-9-4-2-3-8(5-9)10-6-13-14-7-11(10)12(15)16/h2-7H,1H3,(H,15,16). The molecule has 1 aromatic carbocycles. The number of methoxy groups -OCH3 is 1. The van der Waals surface area contributed by atoms with Gasteiger partial charge in [0.15, 0.2) is 0 Å². The first-order chi connectivity index (χ1) is 8.22. The van der Waals surface area contributed by atoms with E-state index in [1.165, 1.54) is 12.4 Å². The lowest BCUT2D eigenvalue weighted by Gasteiger charge is -2.06. The van der Waals surface area contributed by atoms with Crippen LogP contribution in [0.4, 0.5) is 0 Å². The summed E-state index contributed by atoms with van der Waals surface area (Å²) < 4.78 is 5.09. The van der Waals surface area contributed by atoms with Crippen molar-refractivity contribution < 1.29 is 14.6 Å². The Hall–Kier alpha value is -2.43. The van der Waals surface area contributed by atoms with Crippen molar-refractivity contribution >= 4 is 5.97 Å². The highest BCUT2D eigenvalue weighted by molar-refractivity contribution is 5.95. The highest BCUT2D eigenvalue weighted by atomic mass is 16.5. The van der Waals surface area contributed by atoms with Crippen LogP contribution in [0.5, 0.6) is 5.75 Å². The summed E-state index contributed by atoms with van der Waals surface area (Å²) in [6.45, 7) is 0. The molecule has 17 heavy (non-hydrogen) atoms. The lowest BCUT2D eigenvalue weighted by Crippen LogP contribution is -2.01. The molecular formula is C12H10N2O3. The highest BCUT2D eigenvalue weighted by Crippen LogP contribution is 2.25. The number of hydrogen-bond donors (Lipinski definition) is 1. The van der Waals surface area contributed by atoms with Crippen LogP contribution in [0.15, 0.2) is 36.7 Å². The van der Waals surface area contributed by atoms with Crippen LogP contribution in [0.2, 0.25) is 0 Å². The predicted octanol–water partition coefficient (Wildman–Crippen LogP) is 1.85. The fraction of sp³-hybridized carbons (Fsp3) is 0.0833. The first-order valence-electron chi connectivity index (χ1n) is 4.91. The minimum atomic E-state index is -1.03. The Labute approximate surface area is 97.7 Å². The van der Waals surface area contributed by atoms with Gasteiger partial charge in [-0.15, -0.1) is 0 Å². The number of aromatic nitrogens is 2. The van der Waals surface area contributed by atoms with E-state index in [-0.39, 0.29) is 5.56 Å². The second-order valence-corrected chi connectivity index (χ2v) is 3.35. The maximum Gasteiger partial charge on any atom is 0.338 e. The Morgan fingerprint density at radius 2 is 2.06 bits per heavy atom. The molecule has 1 aromatic heterocycles. The zero-order chi connectivity index (χ0) is 12.3. The van der Waals surface area contributed by atoms with Gasteiger partial charge in [-0.1, -0.05) is 12.1 Å². The summed E-state index contributed by atoms with van der Waals surface area (Å²) in [5.74, 6) is -0.367. The lowest BCUT2D eigenvalue weighted by atomic mass is 10.0. The van der Waals surface area contributed by atoms with Gasteiger partial charge in [0.1, 0.15) is 5.75 Å². The van der Waals surface area contributed by atoms with Crippen LogP contribution in [0.1, 0.15) is 10.4 Å². The summed E-state index contributed by atoms with van der Waals surface area (Å²) >= 11 is 0. The first-order valence-corrected chi connectivity index (χ1v) is 4.91. The van der Waals surface area contributed by atoms with E-state index in [4.69, 9.17) is 9.84 Å². The molecule has 2 rings (SSSR count). The third-order valence-electron chi connectivity index (χ3n) is 2.34. The summed E-state index contributed by atoms with van der Waals surface area (Å²) in [6, 6.07) is 7.13. The van der Waals surface area contributed by atoms with Gasteiger partial charge in [-0.05, 0) is 17.7 Å². The number of rotatable bonds is 3. The summed E-state index contributed by atoms with van der Waals surface area (Å²) in [4.78, 5) is 11.1. The van der Waals surface area contributed by atoms with Crippen molar-refractivity contribution in [1.29, 1.82) is 0 Å². The molecule has 0 aliphatic rings. The molecule has 0 atom stereocenters. The molecule has 0 amide bonds. The number of carboxylic acids is 1. The molecule has 0 aliphatic heterocycles. The Balaban J connectivity index is 2.56. The molecule has 1 N–H and O–H groups in total. The minimum absolute atomic E-state index is 0.119. The van der Waals surface area contributed by atoms with Crippen LogP contribution in [-0.2, 0) is 0 Å². The van der Waals surface area contributed by atoms with E-state index >= 15 is 0 Å². The number of benzene rings is 1. The van der Waals surface area contributed by atoms with Crippen molar-refractivity contribution in [2.75, 3.05) is 7.11 Å². The molecule has 86 valence electrons. The molecule has 0 aliphatic carbocycles. The van der Waals surface area contributed by atoms with E-state index < -0.39 is 5.97 Å². The van der Waals surface area contributed by atoms with Crippen molar-refractivity contribution in [3.05, 3.63) is 42.2 Å². The van der Waals surface area contributed by atoms with Crippen LogP contribution in [0, 0.1) is 0 Å². The summed E-state index contributed by atoms with van der Waals surface area (Å²) in [5.41, 5.74) is 1.37. The number of ether oxygens (including phenoxy) is 1. The molecule has 0 fully saturated rings. The average Bonchev–Trinajstić information content (AvgIpc) is 2.39. The number of nitrogens with zero attached hydrogens (tertiary/aromatic N) is 2. The first kappa shape index (κ1) is 11.1. The zero-order valence-corrected chi connectivity index (χ0v) is 9.12. The fourth-order valence-electron chi connectivity index (χ4n) is 1.51. The van der Waals surface area contributed by atoms with Gasteiger partial charge in [0.05, 0.1) is 25.1 Å². The molecule has 2 aromatic rings. The maximum atomic E-state index is 11.1. The smallest absolute Gasteiger partial charge is 0.338 e. The van der Waals surface area contributed by atoms with E-state index in [1.807, 2.05) is 0 Å². The molecule has 0 spiro atoms. The van der Waals surface area contributed by atoms with E-state index in [9.17, 15) is 4.79 Å². The zero-order valence-electron chi connectivity index (χ0n) is 9.12. The van der Waals surface area contributed by atoms with Gasteiger partial charge in [0, 0.05) is 5.56 Å². The molecule has 5 nitrogen and oxygen atoms in total. The molecule has 0 unspecified atom stereocenters. The molecule has 5 heteroatoms. The van der Waals surface area contributed by atoms with Gasteiger partial charge >= 0.3 is 5.97 Å². The Morgan fingerprint density at radius 1 is 1.29 bits per heavy atom. The highest BCUT2D eigenvalue weighted by Gasteiger charge is 2.12. The molecule has 0 saturated heterocycles. The normalized spacial score (nSPS) is 9.94. The third-order valence-corrected chi connectivity index (χ3v) is 2.34. The van der Waals surface area contributed by atoms with Crippen molar-refractivity contribution in [2.45, 2.75) is 0 Å². The summed E-state index contributed by atoms with van der Waals surface area (Å²) in [5, 5.41) is 16.3. The minimum Gasteiger partial charge on any atom is -0.497 e. The third kappa shape index (κ3) is 2.23. The second-order valence-electron chi connectivity index (χ2n) is 3.35. The largest absolute Gasteiger partial charge is 0.497 e. The molecule has 0 radical (unpaired) electrons. The fourth-order valence-corrected chi connectivity index (χ4v) is 1.51. The summed E-state index contributed by atoms with van der Waals surface area (Å²) in [6.07, 6.45) is 2.66. The number of carbonyl (C=O) groups is 1. The Kier molecular flexibility index (Phi) is 3.00. The van der Waals surface area contributed by atoms with E-state index in [2.05, 4.69) is 10.2 Å². The molecular weight excluding hydrogens is 220 g/mol. The topological polar surface area (TPSA) is 72.3 Å². The van der Waals surface area contributed by atoms with Crippen molar-refractivity contribution in [3.63, 3.8) is 0 Å². The quantitative estimate of drug-likeness (QED) is 0.871. The van der Waals surface area contributed by atoms with E-state index in [0.29, 0.717) is 11.3 Å². The summed E-state index contributed by atoms with van der Waals surface area (Å²) in [7, 11) is 1.56. The molecule has 0 saturated carbocycles. The lowest BCUT2D eigenvalue weighted by molar-refractivity contribution is 0.0697. The SMILES string of the molecule is COc1cccc(-c2cnncc2C(=O)O)c1. The van der Waals surface area contributed by atoms with Gasteiger partial charge in [0.25, 0.3) is 0 Å². The predicted molar refractivity (Wildman–Crippen MR) is 61.0 cm³/mol. The molecule has 0 bridgehead atoms. The van der Waals surface area contributed by atoms with Crippen LogP contribution in [-0.4, -0.2) is 28.4 Å². The second kappa shape index (κ2) is 4.61. The molecule has 1 heterocycles. The van der Waals surface area contributed by atoms with Crippen molar-refractivity contribution in [2.24, 2.45) is 0 Å². The van der Waals surface area contributed by atoms with Gasteiger partial charge in [-0.3, -0.25) is 0 Å². The van der Waals surface area contributed by atoms with Gasteiger partial charge in [-0.25, -0.2) is 4.79 Å². The van der Waals surface area contributed by atoms with E-state index in [0.717, 1.165) is 5.56 Å². The number of aromatic carboxylic acids is 1. The van der Waals surface area contributed by atoms with Crippen LogP contribution >= 0.6 is 0 Å².